The average molecular weight is 483 g/mol. The number of hydrogen-bond donors (Lipinski definition) is 1. The normalized spacial score (nSPS) is 17.6. The third kappa shape index (κ3) is 8.07. The number of ether oxygens (including phenoxy) is 1. The van der Waals surface area contributed by atoms with Crippen LogP contribution in [-0.4, -0.2) is 53.2 Å². The standard InChI is InChI=1S/C25H30F4N2O3/c1-24(2,3)33-16-21(32)14-31(13-17-5-4-6-19(11-17)25(27,28)29)15-22-12-23(30-34-22)18-7-9-20(26)10-8-18/h4-11,21-22,32H,12-16H2,1-3H3/t21-,22+/m1/s1. The van der Waals surface area contributed by atoms with Gasteiger partial charge in [0.05, 0.1) is 29.6 Å². The highest BCUT2D eigenvalue weighted by atomic mass is 19.4. The van der Waals surface area contributed by atoms with E-state index in [1.807, 2.05) is 25.7 Å². The van der Waals surface area contributed by atoms with E-state index in [-0.39, 0.29) is 31.6 Å². The minimum Gasteiger partial charge on any atom is -0.390 e. The molecule has 0 unspecified atom stereocenters. The summed E-state index contributed by atoms with van der Waals surface area (Å²) in [5, 5.41) is 14.6. The van der Waals surface area contributed by atoms with Crippen LogP contribution in [0.1, 0.15) is 43.9 Å². The summed E-state index contributed by atoms with van der Waals surface area (Å²) in [6, 6.07) is 11.1. The molecule has 34 heavy (non-hydrogen) atoms. The first-order valence-corrected chi connectivity index (χ1v) is 11.1. The molecule has 0 aliphatic carbocycles. The van der Waals surface area contributed by atoms with Gasteiger partial charge in [0.15, 0.2) is 0 Å². The molecule has 2 aromatic carbocycles. The number of aliphatic hydroxyl groups is 1. The lowest BCUT2D eigenvalue weighted by Crippen LogP contribution is -2.40. The summed E-state index contributed by atoms with van der Waals surface area (Å²) in [7, 11) is 0. The molecule has 0 aromatic heterocycles. The molecule has 2 aromatic rings. The Labute approximate surface area is 197 Å². The molecule has 2 atom stereocenters. The van der Waals surface area contributed by atoms with Crippen molar-refractivity contribution < 1.29 is 32.2 Å². The molecule has 0 fully saturated rings. The van der Waals surface area contributed by atoms with Gasteiger partial charge in [0.25, 0.3) is 0 Å². The quantitative estimate of drug-likeness (QED) is 0.511. The lowest BCUT2D eigenvalue weighted by molar-refractivity contribution is -0.137. The second-order valence-corrected chi connectivity index (χ2v) is 9.45. The molecule has 5 nitrogen and oxygen atoms in total. The average Bonchev–Trinajstić information content (AvgIpc) is 3.20. The van der Waals surface area contributed by atoms with Gasteiger partial charge in [-0.1, -0.05) is 35.5 Å². The molecule has 1 N–H and O–H groups in total. The Morgan fingerprint density at radius 3 is 2.50 bits per heavy atom. The van der Waals surface area contributed by atoms with E-state index >= 15 is 0 Å². The van der Waals surface area contributed by atoms with Crippen LogP contribution in [0.15, 0.2) is 53.7 Å². The van der Waals surface area contributed by atoms with Gasteiger partial charge in [-0.25, -0.2) is 4.39 Å². The monoisotopic (exact) mass is 482 g/mol. The van der Waals surface area contributed by atoms with Gasteiger partial charge in [-0.3, -0.25) is 4.90 Å². The lowest BCUT2D eigenvalue weighted by atomic mass is 10.0. The van der Waals surface area contributed by atoms with Crippen molar-refractivity contribution in [2.75, 3.05) is 19.7 Å². The Bertz CT molecular complexity index is 971. The lowest BCUT2D eigenvalue weighted by Gasteiger charge is -2.28. The molecule has 3 rings (SSSR count). The van der Waals surface area contributed by atoms with Gasteiger partial charge in [-0.2, -0.15) is 13.2 Å². The van der Waals surface area contributed by atoms with Crippen LogP contribution in [0.25, 0.3) is 0 Å². The highest BCUT2D eigenvalue weighted by Gasteiger charge is 2.31. The SMILES string of the molecule is CC(C)(C)OC[C@H](O)CN(Cc1cccc(C(F)(F)F)c1)C[C@@H]1CC(c2ccc(F)cc2)=NO1. The molecule has 1 aliphatic heterocycles. The van der Waals surface area contributed by atoms with Crippen molar-refractivity contribution in [1.82, 2.24) is 4.90 Å². The molecule has 1 heterocycles. The summed E-state index contributed by atoms with van der Waals surface area (Å²) in [6.07, 6.45) is -5.18. The van der Waals surface area contributed by atoms with Gasteiger partial charge >= 0.3 is 6.18 Å². The van der Waals surface area contributed by atoms with Gasteiger partial charge in [0, 0.05) is 26.1 Å². The first-order chi connectivity index (χ1) is 15.9. The third-order valence-electron chi connectivity index (χ3n) is 5.21. The molecule has 0 saturated heterocycles. The Hall–Kier alpha value is -2.49. The summed E-state index contributed by atoms with van der Waals surface area (Å²) < 4.78 is 58.3. The predicted octanol–water partition coefficient (Wildman–Crippen LogP) is 5.02. The van der Waals surface area contributed by atoms with Crippen LogP contribution in [0, 0.1) is 5.82 Å². The van der Waals surface area contributed by atoms with E-state index in [0.717, 1.165) is 17.7 Å². The first-order valence-electron chi connectivity index (χ1n) is 11.1. The molecule has 186 valence electrons. The maximum absolute atomic E-state index is 13.2. The van der Waals surface area contributed by atoms with Crippen molar-refractivity contribution in [2.24, 2.45) is 5.16 Å². The first kappa shape index (κ1) is 26.1. The molecule has 0 spiro atoms. The zero-order chi connectivity index (χ0) is 24.9. The molecule has 1 aliphatic rings. The fraction of sp³-hybridized carbons (Fsp3) is 0.480. The second-order valence-electron chi connectivity index (χ2n) is 9.45. The van der Waals surface area contributed by atoms with Crippen LogP contribution in [0.2, 0.25) is 0 Å². The summed E-state index contributed by atoms with van der Waals surface area (Å²) in [5.74, 6) is -0.349. The number of halogens is 4. The number of oxime groups is 1. The highest BCUT2D eigenvalue weighted by Crippen LogP contribution is 2.30. The zero-order valence-electron chi connectivity index (χ0n) is 19.5. The van der Waals surface area contributed by atoms with E-state index in [4.69, 9.17) is 9.57 Å². The van der Waals surface area contributed by atoms with Crippen LogP contribution in [0.5, 0.6) is 0 Å². The zero-order valence-corrected chi connectivity index (χ0v) is 19.5. The fourth-order valence-corrected chi connectivity index (χ4v) is 3.63. The van der Waals surface area contributed by atoms with Crippen LogP contribution in [-0.2, 0) is 22.3 Å². The van der Waals surface area contributed by atoms with Gasteiger partial charge in [0.2, 0.25) is 0 Å². The number of aliphatic hydroxyl groups excluding tert-OH is 1. The Kier molecular flexibility index (Phi) is 8.33. The maximum Gasteiger partial charge on any atom is 0.416 e. The number of hydrogen-bond acceptors (Lipinski definition) is 5. The number of nitrogens with zero attached hydrogens (tertiary/aromatic N) is 2. The second kappa shape index (κ2) is 10.8. The van der Waals surface area contributed by atoms with E-state index in [2.05, 4.69) is 5.16 Å². The minimum absolute atomic E-state index is 0.0887. The Balaban J connectivity index is 1.68. The summed E-state index contributed by atoms with van der Waals surface area (Å²) in [4.78, 5) is 7.39. The molecule has 9 heteroatoms. The van der Waals surface area contributed by atoms with E-state index in [1.165, 1.54) is 18.2 Å². The van der Waals surface area contributed by atoms with Crippen molar-refractivity contribution in [2.45, 2.75) is 57.7 Å². The van der Waals surface area contributed by atoms with E-state index in [1.54, 1.807) is 18.2 Å². The van der Waals surface area contributed by atoms with Crippen molar-refractivity contribution in [3.63, 3.8) is 0 Å². The minimum atomic E-state index is -4.44. The number of benzene rings is 2. The molecule has 0 saturated carbocycles. The molecule has 0 amide bonds. The van der Waals surface area contributed by atoms with Crippen LogP contribution < -0.4 is 0 Å². The predicted molar refractivity (Wildman–Crippen MR) is 121 cm³/mol. The summed E-state index contributed by atoms with van der Waals surface area (Å²) >= 11 is 0. The van der Waals surface area contributed by atoms with Gasteiger partial charge < -0.3 is 14.7 Å². The number of alkyl halides is 3. The van der Waals surface area contributed by atoms with Crippen LogP contribution >= 0.6 is 0 Å². The van der Waals surface area contributed by atoms with Gasteiger partial charge in [0.1, 0.15) is 11.9 Å². The molecular weight excluding hydrogens is 452 g/mol. The van der Waals surface area contributed by atoms with Crippen LogP contribution in [0.3, 0.4) is 0 Å². The topological polar surface area (TPSA) is 54.3 Å². The van der Waals surface area contributed by atoms with E-state index in [9.17, 15) is 22.7 Å². The van der Waals surface area contributed by atoms with Gasteiger partial charge in [-0.15, -0.1) is 0 Å². The van der Waals surface area contributed by atoms with Crippen molar-refractivity contribution in [3.8, 4) is 0 Å². The smallest absolute Gasteiger partial charge is 0.390 e. The summed E-state index contributed by atoms with van der Waals surface area (Å²) in [6.45, 7) is 6.41. The summed E-state index contributed by atoms with van der Waals surface area (Å²) in [5.41, 5.74) is 0.726. The largest absolute Gasteiger partial charge is 0.416 e. The molecule has 0 radical (unpaired) electrons. The van der Waals surface area contributed by atoms with Crippen molar-refractivity contribution in [1.29, 1.82) is 0 Å². The van der Waals surface area contributed by atoms with Crippen molar-refractivity contribution in [3.05, 3.63) is 71.0 Å². The Morgan fingerprint density at radius 1 is 1.15 bits per heavy atom. The van der Waals surface area contributed by atoms with E-state index in [0.29, 0.717) is 24.2 Å². The number of rotatable bonds is 9. The maximum atomic E-state index is 13.2. The van der Waals surface area contributed by atoms with Crippen LogP contribution in [0.4, 0.5) is 17.6 Å². The Morgan fingerprint density at radius 2 is 1.85 bits per heavy atom. The van der Waals surface area contributed by atoms with E-state index < -0.39 is 23.4 Å². The highest BCUT2D eigenvalue weighted by molar-refractivity contribution is 6.01. The fourth-order valence-electron chi connectivity index (χ4n) is 3.63. The van der Waals surface area contributed by atoms with Crippen molar-refractivity contribution >= 4 is 5.71 Å². The molecule has 0 bridgehead atoms. The third-order valence-corrected chi connectivity index (χ3v) is 5.21. The molecular formula is C25H30F4N2O3. The van der Waals surface area contributed by atoms with Gasteiger partial charge in [-0.05, 0) is 50.1 Å².